The number of nitrogens with zero attached hydrogens (tertiary/aromatic N) is 3. The van der Waals surface area contributed by atoms with E-state index >= 15 is 0 Å². The van der Waals surface area contributed by atoms with Crippen LogP contribution >= 0.6 is 11.3 Å². The van der Waals surface area contributed by atoms with Gasteiger partial charge in [0, 0.05) is 6.54 Å². The molecule has 0 radical (unpaired) electrons. The van der Waals surface area contributed by atoms with Crippen molar-refractivity contribution in [2.75, 3.05) is 45.8 Å². The number of fused-ring (bicyclic) bond motifs is 1. The predicted octanol–water partition coefficient (Wildman–Crippen LogP) is 4.29. The fourth-order valence-electron chi connectivity index (χ4n) is 3.13. The van der Waals surface area contributed by atoms with Crippen molar-refractivity contribution in [1.29, 1.82) is 0 Å². The standard InChI is InChI=1S/C23H29N3O3S/c1-16-7-8-17(2)22-21(16)24-23(30-22)26(14-6-13-25(3)4)20(27)15-29-19-11-9-18(28-5)10-12-19/h7-12H,6,13-15H2,1-5H3. The predicted molar refractivity (Wildman–Crippen MR) is 123 cm³/mol. The zero-order valence-corrected chi connectivity index (χ0v) is 19.1. The molecule has 1 heterocycles. The van der Waals surface area contributed by atoms with E-state index in [9.17, 15) is 4.79 Å². The first-order valence-corrected chi connectivity index (χ1v) is 10.8. The number of hydrogen-bond donors (Lipinski definition) is 0. The Hall–Kier alpha value is -2.64. The molecule has 30 heavy (non-hydrogen) atoms. The molecule has 0 atom stereocenters. The highest BCUT2D eigenvalue weighted by Gasteiger charge is 2.21. The number of hydrogen-bond acceptors (Lipinski definition) is 6. The molecule has 0 N–H and O–H groups in total. The monoisotopic (exact) mass is 427 g/mol. The van der Waals surface area contributed by atoms with Gasteiger partial charge < -0.3 is 14.4 Å². The molecule has 3 aromatic rings. The summed E-state index contributed by atoms with van der Waals surface area (Å²) in [4.78, 5) is 21.8. The van der Waals surface area contributed by atoms with Crippen LogP contribution in [0, 0.1) is 13.8 Å². The second kappa shape index (κ2) is 9.91. The van der Waals surface area contributed by atoms with Crippen LogP contribution < -0.4 is 14.4 Å². The van der Waals surface area contributed by atoms with E-state index in [1.165, 1.54) is 5.56 Å². The van der Waals surface area contributed by atoms with Gasteiger partial charge in [0.2, 0.25) is 0 Å². The molecule has 2 aromatic carbocycles. The molecule has 6 nitrogen and oxygen atoms in total. The SMILES string of the molecule is COc1ccc(OCC(=O)N(CCCN(C)C)c2nc3c(C)ccc(C)c3s2)cc1. The first-order valence-electron chi connectivity index (χ1n) is 9.97. The molecule has 0 aliphatic carbocycles. The van der Waals surface area contributed by atoms with E-state index in [0.29, 0.717) is 12.3 Å². The fourth-order valence-corrected chi connectivity index (χ4v) is 4.29. The van der Waals surface area contributed by atoms with Crippen LogP contribution in [0.1, 0.15) is 17.5 Å². The summed E-state index contributed by atoms with van der Waals surface area (Å²) >= 11 is 1.57. The van der Waals surface area contributed by atoms with Crippen LogP contribution in [-0.4, -0.2) is 56.7 Å². The molecule has 1 amide bonds. The van der Waals surface area contributed by atoms with E-state index in [1.807, 2.05) is 26.2 Å². The minimum Gasteiger partial charge on any atom is -0.497 e. The number of methoxy groups -OCH3 is 1. The van der Waals surface area contributed by atoms with Gasteiger partial charge in [0.05, 0.1) is 17.3 Å². The topological polar surface area (TPSA) is 54.9 Å². The van der Waals surface area contributed by atoms with E-state index < -0.39 is 0 Å². The zero-order chi connectivity index (χ0) is 21.7. The minimum atomic E-state index is -0.0982. The summed E-state index contributed by atoms with van der Waals surface area (Å²) in [5, 5.41) is 0.726. The number of amides is 1. The number of thiazole rings is 1. The molecule has 0 bridgehead atoms. The van der Waals surface area contributed by atoms with Gasteiger partial charge >= 0.3 is 0 Å². The average molecular weight is 428 g/mol. The third-order valence-electron chi connectivity index (χ3n) is 4.87. The highest BCUT2D eigenvalue weighted by atomic mass is 32.1. The molecule has 160 valence electrons. The van der Waals surface area contributed by atoms with E-state index in [1.54, 1.807) is 35.5 Å². The molecule has 0 saturated carbocycles. The van der Waals surface area contributed by atoms with Crippen LogP contribution in [0.3, 0.4) is 0 Å². The Morgan fingerprint density at radius 3 is 2.30 bits per heavy atom. The van der Waals surface area contributed by atoms with Gasteiger partial charge in [0.15, 0.2) is 11.7 Å². The van der Waals surface area contributed by atoms with Gasteiger partial charge in [-0.1, -0.05) is 23.5 Å². The molecule has 0 aliphatic heterocycles. The van der Waals surface area contributed by atoms with Crippen LogP contribution in [0.25, 0.3) is 10.2 Å². The van der Waals surface area contributed by atoms with Crippen molar-refractivity contribution in [3.8, 4) is 11.5 Å². The number of anilines is 1. The third-order valence-corrected chi connectivity index (χ3v) is 6.09. The molecule has 3 rings (SSSR count). The van der Waals surface area contributed by atoms with Gasteiger partial charge in [-0.15, -0.1) is 0 Å². The van der Waals surface area contributed by atoms with Gasteiger partial charge in [-0.2, -0.15) is 0 Å². The number of benzene rings is 2. The van der Waals surface area contributed by atoms with Crippen molar-refractivity contribution in [1.82, 2.24) is 9.88 Å². The Balaban J connectivity index is 1.79. The third kappa shape index (κ3) is 5.29. The summed E-state index contributed by atoms with van der Waals surface area (Å²) in [6.45, 7) is 5.58. The Labute approximate surface area is 182 Å². The largest absolute Gasteiger partial charge is 0.497 e. The van der Waals surface area contributed by atoms with Gasteiger partial charge in [-0.05, 0) is 76.3 Å². The van der Waals surface area contributed by atoms with Crippen molar-refractivity contribution < 1.29 is 14.3 Å². The van der Waals surface area contributed by atoms with E-state index in [0.717, 1.165) is 39.6 Å². The minimum absolute atomic E-state index is 0.0395. The van der Waals surface area contributed by atoms with E-state index in [2.05, 4.69) is 30.9 Å². The number of aromatic nitrogens is 1. The van der Waals surface area contributed by atoms with Crippen molar-refractivity contribution in [2.45, 2.75) is 20.3 Å². The maximum absolute atomic E-state index is 13.1. The fraction of sp³-hybridized carbons (Fsp3) is 0.391. The smallest absolute Gasteiger partial charge is 0.266 e. The van der Waals surface area contributed by atoms with Gasteiger partial charge in [0.25, 0.3) is 5.91 Å². The van der Waals surface area contributed by atoms with Crippen molar-refractivity contribution in [2.24, 2.45) is 0 Å². The summed E-state index contributed by atoms with van der Waals surface area (Å²) in [5.74, 6) is 1.28. The first kappa shape index (κ1) is 22.1. The molecule has 1 aromatic heterocycles. The Morgan fingerprint density at radius 2 is 1.67 bits per heavy atom. The van der Waals surface area contributed by atoms with Crippen molar-refractivity contribution in [3.05, 3.63) is 47.5 Å². The lowest BCUT2D eigenvalue weighted by molar-refractivity contribution is -0.120. The highest BCUT2D eigenvalue weighted by Crippen LogP contribution is 2.33. The maximum Gasteiger partial charge on any atom is 0.266 e. The van der Waals surface area contributed by atoms with Crippen LogP contribution in [0.5, 0.6) is 11.5 Å². The normalized spacial score (nSPS) is 11.1. The van der Waals surface area contributed by atoms with Crippen LogP contribution in [0.15, 0.2) is 36.4 Å². The maximum atomic E-state index is 13.1. The number of carbonyl (C=O) groups excluding carboxylic acids is 1. The highest BCUT2D eigenvalue weighted by molar-refractivity contribution is 7.22. The quantitative estimate of drug-likeness (QED) is 0.510. The Kier molecular flexibility index (Phi) is 7.29. The van der Waals surface area contributed by atoms with Crippen LogP contribution in [-0.2, 0) is 4.79 Å². The van der Waals surface area contributed by atoms with Crippen LogP contribution in [0.4, 0.5) is 5.13 Å². The second-order valence-electron chi connectivity index (χ2n) is 7.54. The first-order chi connectivity index (χ1) is 14.4. The zero-order valence-electron chi connectivity index (χ0n) is 18.3. The lowest BCUT2D eigenvalue weighted by Gasteiger charge is -2.21. The molecule has 0 spiro atoms. The van der Waals surface area contributed by atoms with Crippen LogP contribution in [0.2, 0.25) is 0 Å². The molecular formula is C23H29N3O3S. The lowest BCUT2D eigenvalue weighted by atomic mass is 10.1. The average Bonchev–Trinajstić information content (AvgIpc) is 3.19. The second-order valence-corrected chi connectivity index (χ2v) is 8.52. The summed E-state index contributed by atoms with van der Waals surface area (Å²) in [6.07, 6.45) is 0.856. The number of carbonyl (C=O) groups is 1. The molecule has 0 fully saturated rings. The van der Waals surface area contributed by atoms with E-state index in [4.69, 9.17) is 14.5 Å². The number of aryl methyl sites for hydroxylation is 2. The Bertz CT molecular complexity index is 960. The lowest BCUT2D eigenvalue weighted by Crippen LogP contribution is -2.36. The molecule has 0 saturated heterocycles. The van der Waals surface area contributed by atoms with Crippen molar-refractivity contribution in [3.63, 3.8) is 0 Å². The van der Waals surface area contributed by atoms with E-state index in [-0.39, 0.29) is 12.5 Å². The molecule has 0 aliphatic rings. The number of rotatable bonds is 9. The molecule has 0 unspecified atom stereocenters. The Morgan fingerprint density at radius 1 is 1.00 bits per heavy atom. The molecular weight excluding hydrogens is 398 g/mol. The number of ether oxygens (including phenoxy) is 2. The summed E-state index contributed by atoms with van der Waals surface area (Å²) in [7, 11) is 5.68. The van der Waals surface area contributed by atoms with Gasteiger partial charge in [-0.3, -0.25) is 9.69 Å². The van der Waals surface area contributed by atoms with Gasteiger partial charge in [-0.25, -0.2) is 4.98 Å². The van der Waals surface area contributed by atoms with Crippen molar-refractivity contribution >= 4 is 32.6 Å². The summed E-state index contributed by atoms with van der Waals surface area (Å²) in [5.41, 5.74) is 3.26. The summed E-state index contributed by atoms with van der Waals surface area (Å²) in [6, 6.07) is 11.4. The molecule has 7 heteroatoms. The summed E-state index contributed by atoms with van der Waals surface area (Å²) < 4.78 is 12.0. The van der Waals surface area contributed by atoms with Gasteiger partial charge in [0.1, 0.15) is 11.5 Å².